The molecule has 13 heavy (non-hydrogen) atoms. The third-order valence-corrected chi connectivity index (χ3v) is 2.34. The molecule has 0 aromatic carbocycles. The third kappa shape index (κ3) is 1.78. The highest BCUT2D eigenvalue weighted by Gasteiger charge is 2.12. The molecule has 2 rings (SSSR count). The van der Waals surface area contributed by atoms with Crippen molar-refractivity contribution in [1.82, 2.24) is 15.3 Å². The van der Waals surface area contributed by atoms with Crippen molar-refractivity contribution in [3.8, 4) is 0 Å². The molecule has 1 N–H and O–H groups in total. The van der Waals surface area contributed by atoms with Gasteiger partial charge in [0.1, 0.15) is 6.33 Å². The van der Waals surface area contributed by atoms with Crippen LogP contribution in [0.2, 0.25) is 0 Å². The van der Waals surface area contributed by atoms with Gasteiger partial charge in [-0.15, -0.1) is 0 Å². The van der Waals surface area contributed by atoms with Crippen molar-refractivity contribution in [2.24, 2.45) is 0 Å². The fraction of sp³-hybridized carbons (Fsp3) is 0.556. The summed E-state index contributed by atoms with van der Waals surface area (Å²) in [5, 5.41) is 3.32. The Hall–Kier alpha value is -1.16. The lowest BCUT2D eigenvalue weighted by Crippen LogP contribution is -2.43. The van der Waals surface area contributed by atoms with E-state index in [0.29, 0.717) is 0 Å². The lowest BCUT2D eigenvalue weighted by Gasteiger charge is -2.29. The minimum Gasteiger partial charge on any atom is -0.366 e. The molecule has 0 radical (unpaired) electrons. The average molecular weight is 178 g/mol. The van der Waals surface area contributed by atoms with Gasteiger partial charge in [-0.2, -0.15) is 0 Å². The molecule has 0 unspecified atom stereocenters. The molecule has 0 saturated carbocycles. The van der Waals surface area contributed by atoms with Crippen molar-refractivity contribution in [3.05, 3.63) is 18.2 Å². The van der Waals surface area contributed by atoms with E-state index < -0.39 is 0 Å². The highest BCUT2D eigenvalue weighted by Crippen LogP contribution is 2.15. The van der Waals surface area contributed by atoms with Gasteiger partial charge in [0.25, 0.3) is 0 Å². The minimum atomic E-state index is 1.05. The van der Waals surface area contributed by atoms with E-state index in [1.807, 2.05) is 13.1 Å². The van der Waals surface area contributed by atoms with Gasteiger partial charge >= 0.3 is 0 Å². The van der Waals surface area contributed by atoms with E-state index in [1.165, 1.54) is 5.69 Å². The van der Waals surface area contributed by atoms with Crippen LogP contribution in [0.4, 0.5) is 5.69 Å². The molecule has 0 spiro atoms. The van der Waals surface area contributed by atoms with Crippen LogP contribution in [0.1, 0.15) is 5.69 Å². The monoisotopic (exact) mass is 178 g/mol. The van der Waals surface area contributed by atoms with Gasteiger partial charge in [0.05, 0.1) is 17.6 Å². The van der Waals surface area contributed by atoms with E-state index in [-0.39, 0.29) is 0 Å². The predicted molar refractivity (Wildman–Crippen MR) is 51.9 cm³/mol. The normalized spacial score (nSPS) is 17.5. The van der Waals surface area contributed by atoms with Gasteiger partial charge in [-0.3, -0.25) is 0 Å². The van der Waals surface area contributed by atoms with Crippen LogP contribution in [0, 0.1) is 6.92 Å². The predicted octanol–water partition coefficient (Wildman–Crippen LogP) is 0.195. The molecule has 4 heteroatoms. The number of nitrogens with one attached hydrogen (secondary N) is 1. The fourth-order valence-corrected chi connectivity index (χ4v) is 1.60. The van der Waals surface area contributed by atoms with Crippen LogP contribution >= 0.6 is 0 Å². The molecule has 2 heterocycles. The number of aromatic nitrogens is 2. The Morgan fingerprint density at radius 3 is 2.85 bits per heavy atom. The molecule has 0 atom stereocenters. The molecule has 1 aromatic heterocycles. The SMILES string of the molecule is Cc1ncncc1N1CCNCC1. The Kier molecular flexibility index (Phi) is 2.40. The number of rotatable bonds is 1. The van der Waals surface area contributed by atoms with E-state index in [0.717, 1.165) is 31.9 Å². The summed E-state index contributed by atoms with van der Waals surface area (Å²) in [6.07, 6.45) is 3.49. The van der Waals surface area contributed by atoms with Gasteiger partial charge in [-0.05, 0) is 6.92 Å². The fourth-order valence-electron chi connectivity index (χ4n) is 1.60. The minimum absolute atomic E-state index is 1.05. The van der Waals surface area contributed by atoms with Crippen LogP contribution in [-0.4, -0.2) is 36.1 Å². The number of aryl methyl sites for hydroxylation is 1. The molecule has 1 aliphatic rings. The van der Waals surface area contributed by atoms with Gasteiger partial charge in [0.15, 0.2) is 0 Å². The van der Waals surface area contributed by atoms with Gasteiger partial charge in [0.2, 0.25) is 0 Å². The maximum Gasteiger partial charge on any atom is 0.115 e. The lowest BCUT2D eigenvalue weighted by molar-refractivity contribution is 0.587. The number of nitrogens with zero attached hydrogens (tertiary/aromatic N) is 3. The van der Waals surface area contributed by atoms with Gasteiger partial charge in [0, 0.05) is 26.2 Å². The number of piperazine rings is 1. The summed E-state index contributed by atoms with van der Waals surface area (Å²) in [6, 6.07) is 0. The summed E-state index contributed by atoms with van der Waals surface area (Å²) >= 11 is 0. The first-order chi connectivity index (χ1) is 6.38. The highest BCUT2D eigenvalue weighted by molar-refractivity contribution is 5.48. The van der Waals surface area contributed by atoms with Crippen molar-refractivity contribution in [1.29, 1.82) is 0 Å². The quantitative estimate of drug-likeness (QED) is 0.666. The summed E-state index contributed by atoms with van der Waals surface area (Å²) in [5.41, 5.74) is 2.24. The molecule has 0 aliphatic carbocycles. The second-order valence-electron chi connectivity index (χ2n) is 3.23. The molecule has 1 fully saturated rings. The van der Waals surface area contributed by atoms with Crippen molar-refractivity contribution >= 4 is 5.69 Å². The first-order valence-corrected chi connectivity index (χ1v) is 4.60. The second-order valence-corrected chi connectivity index (χ2v) is 3.23. The van der Waals surface area contributed by atoms with Gasteiger partial charge in [-0.25, -0.2) is 9.97 Å². The van der Waals surface area contributed by atoms with Crippen molar-refractivity contribution < 1.29 is 0 Å². The van der Waals surface area contributed by atoms with Crippen LogP contribution in [0.3, 0.4) is 0 Å². The third-order valence-electron chi connectivity index (χ3n) is 2.34. The number of anilines is 1. The topological polar surface area (TPSA) is 41.1 Å². The summed E-state index contributed by atoms with van der Waals surface area (Å²) in [7, 11) is 0. The van der Waals surface area contributed by atoms with E-state index in [9.17, 15) is 0 Å². The summed E-state index contributed by atoms with van der Waals surface area (Å²) in [4.78, 5) is 10.6. The van der Waals surface area contributed by atoms with Crippen LogP contribution in [-0.2, 0) is 0 Å². The smallest absolute Gasteiger partial charge is 0.115 e. The van der Waals surface area contributed by atoms with E-state index in [4.69, 9.17) is 0 Å². The van der Waals surface area contributed by atoms with E-state index in [2.05, 4.69) is 20.2 Å². The lowest BCUT2D eigenvalue weighted by atomic mass is 10.3. The highest BCUT2D eigenvalue weighted by atomic mass is 15.2. The zero-order chi connectivity index (χ0) is 9.10. The largest absolute Gasteiger partial charge is 0.366 e. The molecule has 1 saturated heterocycles. The Balaban J connectivity index is 2.18. The molecule has 4 nitrogen and oxygen atoms in total. The number of hydrogen-bond acceptors (Lipinski definition) is 4. The average Bonchev–Trinajstić information content (AvgIpc) is 2.20. The molecule has 70 valence electrons. The standard InChI is InChI=1S/C9H14N4/c1-8-9(6-11-7-12-8)13-4-2-10-3-5-13/h6-7,10H,2-5H2,1H3. The van der Waals surface area contributed by atoms with Gasteiger partial charge < -0.3 is 10.2 Å². The van der Waals surface area contributed by atoms with Crippen molar-refractivity contribution in [2.45, 2.75) is 6.92 Å². The molecule has 0 amide bonds. The molecular weight excluding hydrogens is 164 g/mol. The maximum atomic E-state index is 4.18. The molecule has 1 aromatic rings. The van der Waals surface area contributed by atoms with Crippen molar-refractivity contribution in [3.63, 3.8) is 0 Å². The summed E-state index contributed by atoms with van der Waals surface area (Å²) in [5.74, 6) is 0. The Bertz CT molecular complexity index is 281. The first-order valence-electron chi connectivity index (χ1n) is 4.60. The van der Waals surface area contributed by atoms with E-state index >= 15 is 0 Å². The number of hydrogen-bond donors (Lipinski definition) is 1. The molecule has 1 aliphatic heterocycles. The Morgan fingerprint density at radius 1 is 1.38 bits per heavy atom. The van der Waals surface area contributed by atoms with E-state index in [1.54, 1.807) is 6.33 Å². The zero-order valence-corrected chi connectivity index (χ0v) is 7.82. The molecular formula is C9H14N4. The van der Waals surface area contributed by atoms with Crippen molar-refractivity contribution in [2.75, 3.05) is 31.1 Å². The molecule has 0 bridgehead atoms. The van der Waals surface area contributed by atoms with Crippen LogP contribution in [0.25, 0.3) is 0 Å². The Labute approximate surface area is 78.0 Å². The van der Waals surface area contributed by atoms with Crippen LogP contribution < -0.4 is 10.2 Å². The van der Waals surface area contributed by atoms with Crippen LogP contribution in [0.5, 0.6) is 0 Å². The summed E-state index contributed by atoms with van der Waals surface area (Å²) < 4.78 is 0. The summed E-state index contributed by atoms with van der Waals surface area (Å²) in [6.45, 7) is 6.23. The maximum absolute atomic E-state index is 4.18. The second kappa shape index (κ2) is 3.70. The van der Waals surface area contributed by atoms with Gasteiger partial charge in [-0.1, -0.05) is 0 Å². The van der Waals surface area contributed by atoms with Crippen LogP contribution in [0.15, 0.2) is 12.5 Å². The zero-order valence-electron chi connectivity index (χ0n) is 7.82. The Morgan fingerprint density at radius 2 is 2.15 bits per heavy atom. The first kappa shape index (κ1) is 8.44.